The van der Waals surface area contributed by atoms with Crippen molar-refractivity contribution in [1.82, 2.24) is 5.32 Å². The summed E-state index contributed by atoms with van der Waals surface area (Å²) in [5.74, 6) is 0.367. The molecule has 0 unspecified atom stereocenters. The number of nitrogens with one attached hydrogen (secondary N) is 1. The quantitative estimate of drug-likeness (QED) is 0.700. The predicted octanol–water partition coefficient (Wildman–Crippen LogP) is 4.18. The zero-order valence-electron chi connectivity index (χ0n) is 14.6. The third-order valence-electron chi connectivity index (χ3n) is 4.83. The van der Waals surface area contributed by atoms with Gasteiger partial charge in [0, 0.05) is 10.9 Å². The largest absolute Gasteiger partial charge is 0.492 e. The van der Waals surface area contributed by atoms with Crippen molar-refractivity contribution in [3.63, 3.8) is 0 Å². The summed E-state index contributed by atoms with van der Waals surface area (Å²) in [6, 6.07) is 10.4. The van der Waals surface area contributed by atoms with Crippen LogP contribution in [-0.2, 0) is 12.8 Å². The third-order valence-corrected chi connectivity index (χ3v) is 4.83. The molecular formula is C21H20FNO3. The lowest BCUT2D eigenvalue weighted by molar-refractivity contribution is 0.0920. The van der Waals surface area contributed by atoms with Crippen LogP contribution in [-0.4, -0.2) is 19.1 Å². The normalized spacial score (nSPS) is 13.0. The van der Waals surface area contributed by atoms with E-state index < -0.39 is 0 Å². The molecule has 1 N–H and O–H groups in total. The van der Waals surface area contributed by atoms with Crippen molar-refractivity contribution in [3.05, 3.63) is 64.7 Å². The Morgan fingerprint density at radius 1 is 1.19 bits per heavy atom. The van der Waals surface area contributed by atoms with Crippen molar-refractivity contribution in [2.45, 2.75) is 26.2 Å². The van der Waals surface area contributed by atoms with Gasteiger partial charge < -0.3 is 14.5 Å². The highest BCUT2D eigenvalue weighted by atomic mass is 19.1. The Hall–Kier alpha value is -2.82. The SMILES string of the molecule is Cc1c(C(=O)NCCOc2ccc3c(c2)CCC3)oc2ccc(F)cc12. The van der Waals surface area contributed by atoms with E-state index in [-0.39, 0.29) is 17.5 Å². The lowest BCUT2D eigenvalue weighted by Crippen LogP contribution is -2.28. The molecule has 1 aliphatic rings. The van der Waals surface area contributed by atoms with Crippen LogP contribution in [0.1, 0.15) is 33.7 Å². The molecule has 26 heavy (non-hydrogen) atoms. The van der Waals surface area contributed by atoms with Crippen molar-refractivity contribution in [1.29, 1.82) is 0 Å². The Morgan fingerprint density at radius 2 is 2.04 bits per heavy atom. The van der Waals surface area contributed by atoms with E-state index in [0.29, 0.717) is 29.7 Å². The second-order valence-electron chi connectivity index (χ2n) is 6.59. The molecule has 1 aromatic heterocycles. The Morgan fingerprint density at radius 3 is 2.92 bits per heavy atom. The molecule has 0 aliphatic heterocycles. The van der Waals surface area contributed by atoms with Crippen LogP contribution in [0, 0.1) is 12.7 Å². The molecule has 5 heteroatoms. The topological polar surface area (TPSA) is 51.5 Å². The van der Waals surface area contributed by atoms with Gasteiger partial charge in [0.05, 0.1) is 6.54 Å². The second-order valence-corrected chi connectivity index (χ2v) is 6.59. The predicted molar refractivity (Wildman–Crippen MR) is 97.2 cm³/mol. The van der Waals surface area contributed by atoms with Gasteiger partial charge in [0.1, 0.15) is 23.8 Å². The van der Waals surface area contributed by atoms with Crippen LogP contribution in [0.5, 0.6) is 5.75 Å². The zero-order valence-corrected chi connectivity index (χ0v) is 14.6. The van der Waals surface area contributed by atoms with Gasteiger partial charge in [-0.25, -0.2) is 4.39 Å². The van der Waals surface area contributed by atoms with E-state index in [0.717, 1.165) is 18.6 Å². The number of hydrogen-bond acceptors (Lipinski definition) is 3. The van der Waals surface area contributed by atoms with E-state index in [9.17, 15) is 9.18 Å². The maximum absolute atomic E-state index is 13.4. The zero-order chi connectivity index (χ0) is 18.1. The maximum Gasteiger partial charge on any atom is 0.287 e. The lowest BCUT2D eigenvalue weighted by Gasteiger charge is -2.09. The molecule has 1 aliphatic carbocycles. The average Bonchev–Trinajstić information content (AvgIpc) is 3.23. The van der Waals surface area contributed by atoms with Crippen LogP contribution in [0.2, 0.25) is 0 Å². The number of hydrogen-bond donors (Lipinski definition) is 1. The molecule has 0 bridgehead atoms. The molecule has 0 saturated carbocycles. The Labute approximate surface area is 151 Å². The van der Waals surface area contributed by atoms with Crippen LogP contribution in [0.25, 0.3) is 11.0 Å². The minimum absolute atomic E-state index is 0.211. The van der Waals surface area contributed by atoms with Crippen molar-refractivity contribution < 1.29 is 18.3 Å². The summed E-state index contributed by atoms with van der Waals surface area (Å²) in [4.78, 5) is 12.3. The molecule has 4 nitrogen and oxygen atoms in total. The first kappa shape index (κ1) is 16.6. The molecule has 1 amide bonds. The van der Waals surface area contributed by atoms with Gasteiger partial charge in [0.25, 0.3) is 5.91 Å². The van der Waals surface area contributed by atoms with Crippen LogP contribution in [0.15, 0.2) is 40.8 Å². The Bertz CT molecular complexity index is 977. The molecule has 0 radical (unpaired) electrons. The highest BCUT2D eigenvalue weighted by molar-refractivity contribution is 5.98. The van der Waals surface area contributed by atoms with Crippen molar-refractivity contribution in [2.75, 3.05) is 13.2 Å². The summed E-state index contributed by atoms with van der Waals surface area (Å²) in [6.45, 7) is 2.49. The summed E-state index contributed by atoms with van der Waals surface area (Å²) in [5, 5.41) is 3.40. The fourth-order valence-electron chi connectivity index (χ4n) is 3.46. The number of ether oxygens (including phenoxy) is 1. The first-order valence-corrected chi connectivity index (χ1v) is 8.83. The van der Waals surface area contributed by atoms with E-state index in [1.165, 1.54) is 35.7 Å². The number of aryl methyl sites for hydroxylation is 3. The van der Waals surface area contributed by atoms with Gasteiger partial charge in [-0.2, -0.15) is 0 Å². The number of carbonyl (C=O) groups excluding carboxylic acids is 1. The number of amides is 1. The van der Waals surface area contributed by atoms with Crippen molar-refractivity contribution >= 4 is 16.9 Å². The first-order valence-electron chi connectivity index (χ1n) is 8.83. The lowest BCUT2D eigenvalue weighted by atomic mass is 10.1. The van der Waals surface area contributed by atoms with E-state index in [1.807, 2.05) is 6.07 Å². The average molecular weight is 353 g/mol. The molecular weight excluding hydrogens is 333 g/mol. The van der Waals surface area contributed by atoms with Crippen LogP contribution >= 0.6 is 0 Å². The number of carbonyl (C=O) groups is 1. The smallest absolute Gasteiger partial charge is 0.287 e. The highest BCUT2D eigenvalue weighted by Crippen LogP contribution is 2.27. The van der Waals surface area contributed by atoms with Crippen molar-refractivity contribution in [2.24, 2.45) is 0 Å². The number of benzene rings is 2. The Balaban J connectivity index is 1.35. The summed E-state index contributed by atoms with van der Waals surface area (Å²) < 4.78 is 24.7. The van der Waals surface area contributed by atoms with Crippen LogP contribution < -0.4 is 10.1 Å². The number of furan rings is 1. The van der Waals surface area contributed by atoms with Gasteiger partial charge in [-0.3, -0.25) is 4.79 Å². The fourth-order valence-corrected chi connectivity index (χ4v) is 3.46. The minimum Gasteiger partial charge on any atom is -0.492 e. The minimum atomic E-state index is -0.351. The van der Waals surface area contributed by atoms with Gasteiger partial charge in [-0.1, -0.05) is 6.07 Å². The van der Waals surface area contributed by atoms with E-state index in [4.69, 9.17) is 9.15 Å². The van der Waals surface area contributed by atoms with Crippen LogP contribution in [0.3, 0.4) is 0 Å². The Kier molecular flexibility index (Phi) is 4.37. The van der Waals surface area contributed by atoms with Gasteiger partial charge >= 0.3 is 0 Å². The molecule has 1 heterocycles. The molecule has 2 aromatic carbocycles. The van der Waals surface area contributed by atoms with Gasteiger partial charge in [0.2, 0.25) is 0 Å². The maximum atomic E-state index is 13.4. The van der Waals surface area contributed by atoms with Crippen molar-refractivity contribution in [3.8, 4) is 5.75 Å². The van der Waals surface area contributed by atoms with E-state index in [1.54, 1.807) is 6.92 Å². The molecule has 0 atom stereocenters. The molecule has 3 aromatic rings. The number of halogens is 1. The van der Waals surface area contributed by atoms with Crippen LogP contribution in [0.4, 0.5) is 4.39 Å². The summed E-state index contributed by atoms with van der Waals surface area (Å²) in [7, 11) is 0. The summed E-state index contributed by atoms with van der Waals surface area (Å²) in [6.07, 6.45) is 3.46. The van der Waals surface area contributed by atoms with E-state index in [2.05, 4.69) is 17.4 Å². The first-order chi connectivity index (χ1) is 12.6. The van der Waals surface area contributed by atoms with Gasteiger partial charge in [-0.05, 0) is 67.6 Å². The highest BCUT2D eigenvalue weighted by Gasteiger charge is 2.17. The summed E-state index contributed by atoms with van der Waals surface area (Å²) in [5.41, 5.74) is 3.90. The molecule has 0 fully saturated rings. The third kappa shape index (κ3) is 3.17. The standard InChI is InChI=1S/C21H20FNO3/c1-13-18-12-16(22)6-8-19(18)26-20(13)21(24)23-9-10-25-17-7-5-14-3-2-4-15(14)11-17/h5-8,11-12H,2-4,9-10H2,1H3,(H,23,24). The molecule has 134 valence electrons. The molecule has 0 spiro atoms. The fraction of sp³-hybridized carbons (Fsp3) is 0.286. The molecule has 4 rings (SSSR count). The summed E-state index contributed by atoms with van der Waals surface area (Å²) >= 11 is 0. The van der Waals surface area contributed by atoms with E-state index >= 15 is 0 Å². The van der Waals surface area contributed by atoms with Gasteiger partial charge in [0.15, 0.2) is 5.76 Å². The second kappa shape index (κ2) is 6.83. The monoisotopic (exact) mass is 353 g/mol. The molecule has 0 saturated heterocycles. The van der Waals surface area contributed by atoms with Gasteiger partial charge in [-0.15, -0.1) is 0 Å². The number of fused-ring (bicyclic) bond motifs is 2. The number of rotatable bonds is 5.